The molecule has 2 aromatic rings. The molecule has 0 spiro atoms. The molecule has 0 saturated carbocycles. The Hall–Kier alpha value is -2.67. The van der Waals surface area contributed by atoms with E-state index < -0.39 is 17.5 Å². The summed E-state index contributed by atoms with van der Waals surface area (Å²) < 4.78 is 26.4. The molecular weight excluding hydrogens is 248 g/mol. The number of carbonyl (C=O) groups excluding carboxylic acids is 1. The summed E-state index contributed by atoms with van der Waals surface area (Å²) in [6.07, 6.45) is 5.23. The summed E-state index contributed by atoms with van der Waals surface area (Å²) in [5.74, 6) is -0.553. The van der Waals surface area contributed by atoms with E-state index in [1.165, 1.54) is 12.1 Å². The van der Waals surface area contributed by atoms with Gasteiger partial charge in [-0.1, -0.05) is 18.1 Å². The maximum absolute atomic E-state index is 13.4. The highest BCUT2D eigenvalue weighted by Crippen LogP contribution is 2.15. The number of amides is 1. The van der Waals surface area contributed by atoms with Gasteiger partial charge < -0.3 is 5.32 Å². The molecule has 0 aliphatic rings. The predicted molar refractivity (Wildman–Crippen MR) is 68.7 cm³/mol. The second kappa shape index (κ2) is 5.32. The Morgan fingerprint density at radius 1 is 1.16 bits per heavy atom. The van der Waals surface area contributed by atoms with Crippen molar-refractivity contribution >= 4 is 11.6 Å². The Kier molecular flexibility index (Phi) is 3.58. The number of benzene rings is 2. The molecule has 0 fully saturated rings. The van der Waals surface area contributed by atoms with E-state index in [0.29, 0.717) is 11.3 Å². The minimum Gasteiger partial charge on any atom is -0.322 e. The largest absolute Gasteiger partial charge is 0.322 e. The molecule has 0 aliphatic heterocycles. The molecule has 1 amide bonds. The fraction of sp³-hybridized carbons (Fsp3) is 0. The van der Waals surface area contributed by atoms with Gasteiger partial charge in [-0.15, -0.1) is 6.42 Å². The zero-order valence-corrected chi connectivity index (χ0v) is 9.78. The van der Waals surface area contributed by atoms with Crippen LogP contribution >= 0.6 is 0 Å². The lowest BCUT2D eigenvalue weighted by atomic mass is 10.1. The summed E-state index contributed by atoms with van der Waals surface area (Å²) in [7, 11) is 0. The Morgan fingerprint density at radius 3 is 2.63 bits per heavy atom. The minimum atomic E-state index is -1.17. The van der Waals surface area contributed by atoms with Crippen LogP contribution in [0.3, 0.4) is 0 Å². The molecule has 2 nitrogen and oxygen atoms in total. The zero-order valence-electron chi connectivity index (χ0n) is 9.78. The topological polar surface area (TPSA) is 29.1 Å². The molecule has 19 heavy (non-hydrogen) atoms. The normalized spacial score (nSPS) is 9.74. The summed E-state index contributed by atoms with van der Waals surface area (Å²) in [6, 6.07) is 9.95. The number of terminal acetylenes is 1. The Morgan fingerprint density at radius 2 is 1.89 bits per heavy atom. The van der Waals surface area contributed by atoms with E-state index in [2.05, 4.69) is 11.2 Å². The van der Waals surface area contributed by atoms with Crippen LogP contribution in [-0.4, -0.2) is 5.91 Å². The first-order chi connectivity index (χ1) is 9.11. The van der Waals surface area contributed by atoms with Gasteiger partial charge in [-0.2, -0.15) is 0 Å². The third kappa shape index (κ3) is 2.78. The highest BCUT2D eigenvalue weighted by Gasteiger charge is 2.15. The molecule has 0 aliphatic carbocycles. The van der Waals surface area contributed by atoms with E-state index in [-0.39, 0.29) is 5.56 Å². The van der Waals surface area contributed by atoms with Crippen molar-refractivity contribution in [2.45, 2.75) is 0 Å². The second-order valence-electron chi connectivity index (χ2n) is 3.78. The fourth-order valence-electron chi connectivity index (χ4n) is 1.56. The molecule has 0 atom stereocenters. The third-order valence-corrected chi connectivity index (χ3v) is 2.48. The summed E-state index contributed by atoms with van der Waals surface area (Å²) in [5.41, 5.74) is 0.646. The minimum absolute atomic E-state index is 0.355. The van der Waals surface area contributed by atoms with Gasteiger partial charge in [0.05, 0.1) is 5.56 Å². The molecule has 0 unspecified atom stereocenters. The summed E-state index contributed by atoms with van der Waals surface area (Å²) in [4.78, 5) is 11.8. The molecular formula is C15H9F2NO. The number of rotatable bonds is 2. The van der Waals surface area contributed by atoms with Crippen molar-refractivity contribution in [3.63, 3.8) is 0 Å². The SMILES string of the molecule is C#Cc1cccc(NC(=O)c2cccc(F)c2F)c1. The number of halogens is 2. The summed E-state index contributed by atoms with van der Waals surface area (Å²) >= 11 is 0. The molecule has 0 aromatic heterocycles. The maximum Gasteiger partial charge on any atom is 0.258 e. The van der Waals surface area contributed by atoms with Crippen molar-refractivity contribution in [2.24, 2.45) is 0 Å². The summed E-state index contributed by atoms with van der Waals surface area (Å²) in [6.45, 7) is 0. The van der Waals surface area contributed by atoms with Crippen molar-refractivity contribution in [2.75, 3.05) is 5.32 Å². The van der Waals surface area contributed by atoms with Gasteiger partial charge in [0.1, 0.15) is 0 Å². The van der Waals surface area contributed by atoms with E-state index in [1.54, 1.807) is 24.3 Å². The van der Waals surface area contributed by atoms with E-state index in [9.17, 15) is 13.6 Å². The number of anilines is 1. The van der Waals surface area contributed by atoms with E-state index in [4.69, 9.17) is 6.42 Å². The van der Waals surface area contributed by atoms with Gasteiger partial charge in [-0.3, -0.25) is 4.79 Å². The van der Waals surface area contributed by atoms with Gasteiger partial charge in [-0.25, -0.2) is 8.78 Å². The standard InChI is InChI=1S/C15H9F2NO/c1-2-10-5-3-6-11(9-10)18-15(19)12-7-4-8-13(16)14(12)17/h1,3-9H,(H,18,19). The predicted octanol–water partition coefficient (Wildman–Crippen LogP) is 3.20. The van der Waals surface area contributed by atoms with Crippen LogP contribution < -0.4 is 5.32 Å². The monoisotopic (exact) mass is 257 g/mol. The molecule has 0 bridgehead atoms. The van der Waals surface area contributed by atoms with Gasteiger partial charge in [0.15, 0.2) is 11.6 Å². The van der Waals surface area contributed by atoms with Crippen molar-refractivity contribution in [1.29, 1.82) is 0 Å². The molecule has 94 valence electrons. The molecule has 0 saturated heterocycles. The van der Waals surface area contributed by atoms with E-state index in [1.807, 2.05) is 0 Å². The van der Waals surface area contributed by atoms with Gasteiger partial charge in [0, 0.05) is 11.3 Å². The van der Waals surface area contributed by atoms with E-state index in [0.717, 1.165) is 6.07 Å². The fourth-order valence-corrected chi connectivity index (χ4v) is 1.56. The van der Waals surface area contributed by atoms with Crippen LogP contribution in [0.5, 0.6) is 0 Å². The molecule has 4 heteroatoms. The van der Waals surface area contributed by atoms with Gasteiger partial charge in [0.2, 0.25) is 0 Å². The average molecular weight is 257 g/mol. The van der Waals surface area contributed by atoms with Crippen LogP contribution in [0.15, 0.2) is 42.5 Å². The lowest BCUT2D eigenvalue weighted by Crippen LogP contribution is -2.14. The lowest BCUT2D eigenvalue weighted by molar-refractivity contribution is 0.102. The van der Waals surface area contributed by atoms with E-state index >= 15 is 0 Å². The number of hydrogen-bond acceptors (Lipinski definition) is 1. The number of nitrogens with one attached hydrogen (secondary N) is 1. The zero-order chi connectivity index (χ0) is 13.8. The average Bonchev–Trinajstić information content (AvgIpc) is 2.42. The molecule has 1 N–H and O–H groups in total. The van der Waals surface area contributed by atoms with Crippen LogP contribution in [0.1, 0.15) is 15.9 Å². The highest BCUT2D eigenvalue weighted by atomic mass is 19.2. The van der Waals surface area contributed by atoms with Crippen LogP contribution in [0.4, 0.5) is 14.5 Å². The first kappa shape index (κ1) is 12.8. The van der Waals surface area contributed by atoms with Gasteiger partial charge >= 0.3 is 0 Å². The van der Waals surface area contributed by atoms with Crippen LogP contribution in [0, 0.1) is 24.0 Å². The molecule has 2 rings (SSSR count). The van der Waals surface area contributed by atoms with Crippen LogP contribution in [-0.2, 0) is 0 Å². The van der Waals surface area contributed by atoms with Crippen LogP contribution in [0.2, 0.25) is 0 Å². The smallest absolute Gasteiger partial charge is 0.258 e. The summed E-state index contributed by atoms with van der Waals surface area (Å²) in [5, 5.41) is 2.46. The first-order valence-corrected chi connectivity index (χ1v) is 5.44. The third-order valence-electron chi connectivity index (χ3n) is 2.48. The van der Waals surface area contributed by atoms with Crippen molar-refractivity contribution in [3.8, 4) is 12.3 Å². The molecule has 0 heterocycles. The maximum atomic E-state index is 13.4. The lowest BCUT2D eigenvalue weighted by Gasteiger charge is -2.06. The first-order valence-electron chi connectivity index (χ1n) is 5.44. The van der Waals surface area contributed by atoms with Gasteiger partial charge in [-0.05, 0) is 30.3 Å². The molecule has 2 aromatic carbocycles. The van der Waals surface area contributed by atoms with Crippen molar-refractivity contribution in [1.82, 2.24) is 0 Å². The number of hydrogen-bond donors (Lipinski definition) is 1. The number of carbonyl (C=O) groups is 1. The second-order valence-corrected chi connectivity index (χ2v) is 3.78. The van der Waals surface area contributed by atoms with Gasteiger partial charge in [0.25, 0.3) is 5.91 Å². The highest BCUT2D eigenvalue weighted by molar-refractivity contribution is 6.04. The van der Waals surface area contributed by atoms with Crippen molar-refractivity contribution < 1.29 is 13.6 Å². The Labute approximate surface area is 109 Å². The quantitative estimate of drug-likeness (QED) is 0.822. The Balaban J connectivity index is 2.26. The molecule has 0 radical (unpaired) electrons. The van der Waals surface area contributed by atoms with Crippen molar-refractivity contribution in [3.05, 3.63) is 65.2 Å². The van der Waals surface area contributed by atoms with Crippen LogP contribution in [0.25, 0.3) is 0 Å². The Bertz CT molecular complexity index is 674.